The first-order chi connectivity index (χ1) is 11.8. The zero-order chi connectivity index (χ0) is 16.4. The minimum absolute atomic E-state index is 0.152. The van der Waals surface area contributed by atoms with Crippen LogP contribution in [0.1, 0.15) is 24.1 Å². The summed E-state index contributed by atoms with van der Waals surface area (Å²) < 4.78 is 15.7. The van der Waals surface area contributed by atoms with Crippen molar-refractivity contribution in [1.29, 1.82) is 0 Å². The van der Waals surface area contributed by atoms with E-state index in [9.17, 15) is 4.39 Å². The lowest BCUT2D eigenvalue weighted by Gasteiger charge is -2.27. The highest BCUT2D eigenvalue weighted by atomic mass is 19.1. The second-order valence-electron chi connectivity index (χ2n) is 7.18. The first-order valence-corrected chi connectivity index (χ1v) is 8.96. The molecule has 24 heavy (non-hydrogen) atoms. The highest BCUT2D eigenvalue weighted by molar-refractivity contribution is 5.16. The van der Waals surface area contributed by atoms with Gasteiger partial charge in [0.25, 0.3) is 0 Å². The minimum Gasteiger partial charge on any atom is -0.303 e. The molecule has 1 aromatic carbocycles. The van der Waals surface area contributed by atoms with Gasteiger partial charge in [0.05, 0.1) is 5.69 Å². The van der Waals surface area contributed by atoms with Gasteiger partial charge in [0, 0.05) is 44.8 Å². The van der Waals surface area contributed by atoms with Crippen LogP contribution in [0.5, 0.6) is 0 Å². The Morgan fingerprint density at radius 3 is 2.79 bits per heavy atom. The number of fused-ring (bicyclic) bond motifs is 1. The van der Waals surface area contributed by atoms with Gasteiger partial charge in [0.15, 0.2) is 0 Å². The van der Waals surface area contributed by atoms with Crippen molar-refractivity contribution in [3.63, 3.8) is 0 Å². The van der Waals surface area contributed by atoms with E-state index in [0.29, 0.717) is 5.92 Å². The topological polar surface area (TPSA) is 24.3 Å². The van der Waals surface area contributed by atoms with Gasteiger partial charge in [0.1, 0.15) is 5.82 Å². The summed E-state index contributed by atoms with van der Waals surface area (Å²) in [6.07, 6.45) is 4.55. The number of hydrogen-bond donors (Lipinski definition) is 0. The van der Waals surface area contributed by atoms with Gasteiger partial charge < -0.3 is 4.90 Å². The maximum absolute atomic E-state index is 13.5. The van der Waals surface area contributed by atoms with Crippen molar-refractivity contribution in [2.24, 2.45) is 5.92 Å². The molecule has 1 saturated heterocycles. The van der Waals surface area contributed by atoms with Gasteiger partial charge in [-0.3, -0.25) is 9.58 Å². The van der Waals surface area contributed by atoms with Gasteiger partial charge in [-0.1, -0.05) is 12.1 Å². The largest absolute Gasteiger partial charge is 0.303 e. The van der Waals surface area contributed by atoms with Crippen molar-refractivity contribution in [2.45, 2.75) is 32.5 Å². The number of rotatable bonds is 4. The van der Waals surface area contributed by atoms with E-state index in [4.69, 9.17) is 0 Å². The zero-order valence-corrected chi connectivity index (χ0v) is 14.1. The quantitative estimate of drug-likeness (QED) is 0.862. The van der Waals surface area contributed by atoms with Crippen LogP contribution in [0.15, 0.2) is 36.5 Å². The molecule has 4 rings (SSSR count). The summed E-state index contributed by atoms with van der Waals surface area (Å²) in [7, 11) is 0. The van der Waals surface area contributed by atoms with Crippen LogP contribution >= 0.6 is 0 Å². The Bertz CT molecular complexity index is 678. The van der Waals surface area contributed by atoms with Crippen molar-refractivity contribution in [1.82, 2.24) is 19.6 Å². The first kappa shape index (κ1) is 15.8. The Balaban J connectivity index is 1.50. The Morgan fingerprint density at radius 2 is 1.96 bits per heavy atom. The SMILES string of the molecule is Fc1cccc(CN2Cc3ccnn3CC(CN3CCCC3)C2)c1. The summed E-state index contributed by atoms with van der Waals surface area (Å²) in [6, 6.07) is 9.08. The Labute approximate surface area is 142 Å². The summed E-state index contributed by atoms with van der Waals surface area (Å²) in [5, 5.41) is 4.51. The fraction of sp³-hybridized carbons (Fsp3) is 0.526. The molecule has 1 unspecified atom stereocenters. The van der Waals surface area contributed by atoms with Crippen molar-refractivity contribution >= 4 is 0 Å². The molecule has 1 fully saturated rings. The fourth-order valence-electron chi connectivity index (χ4n) is 4.08. The highest BCUT2D eigenvalue weighted by Crippen LogP contribution is 2.20. The molecule has 2 aliphatic rings. The molecule has 0 amide bonds. The molecule has 0 radical (unpaired) electrons. The monoisotopic (exact) mass is 328 g/mol. The third kappa shape index (κ3) is 3.68. The van der Waals surface area contributed by atoms with Gasteiger partial charge in [-0.2, -0.15) is 5.10 Å². The minimum atomic E-state index is -0.152. The molecular weight excluding hydrogens is 303 g/mol. The van der Waals surface area contributed by atoms with Crippen LogP contribution in [0, 0.1) is 11.7 Å². The molecule has 2 aliphatic heterocycles. The van der Waals surface area contributed by atoms with E-state index in [-0.39, 0.29) is 5.82 Å². The predicted octanol–water partition coefficient (Wildman–Crippen LogP) is 2.75. The van der Waals surface area contributed by atoms with Gasteiger partial charge in [-0.05, 0) is 49.7 Å². The van der Waals surface area contributed by atoms with E-state index in [0.717, 1.165) is 38.3 Å². The Hall–Kier alpha value is -1.72. The maximum atomic E-state index is 13.5. The fourth-order valence-corrected chi connectivity index (χ4v) is 4.08. The van der Waals surface area contributed by atoms with Crippen molar-refractivity contribution in [2.75, 3.05) is 26.2 Å². The van der Waals surface area contributed by atoms with Gasteiger partial charge >= 0.3 is 0 Å². The number of benzene rings is 1. The molecule has 128 valence electrons. The maximum Gasteiger partial charge on any atom is 0.123 e. The summed E-state index contributed by atoms with van der Waals surface area (Å²) in [6.45, 7) is 7.29. The number of nitrogens with zero attached hydrogens (tertiary/aromatic N) is 4. The molecule has 3 heterocycles. The van der Waals surface area contributed by atoms with E-state index in [1.54, 1.807) is 12.1 Å². The van der Waals surface area contributed by atoms with Crippen LogP contribution in [0.3, 0.4) is 0 Å². The van der Waals surface area contributed by atoms with Crippen molar-refractivity contribution in [3.8, 4) is 0 Å². The summed E-state index contributed by atoms with van der Waals surface area (Å²) in [5.74, 6) is 0.416. The highest BCUT2D eigenvalue weighted by Gasteiger charge is 2.25. The van der Waals surface area contributed by atoms with Crippen LogP contribution in [-0.2, 0) is 19.6 Å². The molecule has 0 saturated carbocycles. The molecular formula is C19H25FN4. The van der Waals surface area contributed by atoms with E-state index in [2.05, 4.69) is 25.6 Å². The molecule has 2 aromatic rings. The molecule has 0 N–H and O–H groups in total. The van der Waals surface area contributed by atoms with E-state index in [1.807, 2.05) is 12.3 Å². The number of halogens is 1. The molecule has 0 aliphatic carbocycles. The molecule has 4 nitrogen and oxygen atoms in total. The number of aromatic nitrogens is 2. The smallest absolute Gasteiger partial charge is 0.123 e. The summed E-state index contributed by atoms with van der Waals surface area (Å²) in [4.78, 5) is 5.02. The van der Waals surface area contributed by atoms with Gasteiger partial charge in [0.2, 0.25) is 0 Å². The van der Waals surface area contributed by atoms with Crippen LogP contribution in [-0.4, -0.2) is 45.8 Å². The molecule has 0 spiro atoms. The van der Waals surface area contributed by atoms with Gasteiger partial charge in [-0.15, -0.1) is 0 Å². The zero-order valence-electron chi connectivity index (χ0n) is 14.1. The van der Waals surface area contributed by atoms with Crippen molar-refractivity contribution in [3.05, 3.63) is 53.6 Å². The van der Waals surface area contributed by atoms with Crippen LogP contribution in [0.25, 0.3) is 0 Å². The first-order valence-electron chi connectivity index (χ1n) is 8.96. The average Bonchev–Trinajstić information content (AvgIpc) is 3.17. The standard InChI is InChI=1S/C19H25FN4/c20-18-5-3-4-16(10-18)11-23-13-17(12-22-8-1-2-9-22)14-24-19(15-23)6-7-21-24/h3-7,10,17H,1-2,8-9,11-15H2. The third-order valence-corrected chi connectivity index (χ3v) is 5.15. The molecule has 1 atom stereocenters. The van der Waals surface area contributed by atoms with Crippen LogP contribution < -0.4 is 0 Å². The number of hydrogen-bond acceptors (Lipinski definition) is 3. The second-order valence-corrected chi connectivity index (χ2v) is 7.18. The van der Waals surface area contributed by atoms with Crippen molar-refractivity contribution < 1.29 is 4.39 Å². The summed E-state index contributed by atoms with van der Waals surface area (Å²) in [5.41, 5.74) is 2.30. The lowest BCUT2D eigenvalue weighted by Crippen LogP contribution is -2.35. The molecule has 5 heteroatoms. The summed E-state index contributed by atoms with van der Waals surface area (Å²) >= 11 is 0. The van der Waals surface area contributed by atoms with Gasteiger partial charge in [-0.25, -0.2) is 4.39 Å². The Morgan fingerprint density at radius 1 is 1.08 bits per heavy atom. The lowest BCUT2D eigenvalue weighted by atomic mass is 10.1. The molecule has 1 aromatic heterocycles. The molecule has 0 bridgehead atoms. The van der Waals surface area contributed by atoms with Crippen LogP contribution in [0.2, 0.25) is 0 Å². The van der Waals surface area contributed by atoms with E-state index in [1.165, 1.54) is 37.7 Å². The normalized spacial score (nSPS) is 22.5. The van der Waals surface area contributed by atoms with E-state index >= 15 is 0 Å². The number of likely N-dealkylation sites (tertiary alicyclic amines) is 1. The predicted molar refractivity (Wildman–Crippen MR) is 91.9 cm³/mol. The average molecular weight is 328 g/mol. The van der Waals surface area contributed by atoms with E-state index < -0.39 is 0 Å². The third-order valence-electron chi connectivity index (χ3n) is 5.15. The van der Waals surface area contributed by atoms with Crippen LogP contribution in [0.4, 0.5) is 4.39 Å². The lowest BCUT2D eigenvalue weighted by molar-refractivity contribution is 0.182. The second kappa shape index (κ2) is 7.03. The Kier molecular flexibility index (Phi) is 4.63.